The molecule has 2 aromatic carbocycles. The van der Waals surface area contributed by atoms with E-state index in [2.05, 4.69) is 22.6 Å². The Morgan fingerprint density at radius 2 is 1.50 bits per heavy atom. The fourth-order valence-electron chi connectivity index (χ4n) is 1.98. The molecule has 0 unspecified atom stereocenters. The second kappa shape index (κ2) is 9.42. The summed E-state index contributed by atoms with van der Waals surface area (Å²) in [7, 11) is 0. The number of esters is 2. The van der Waals surface area contributed by atoms with Crippen molar-refractivity contribution in [2.75, 3.05) is 6.61 Å². The molecule has 0 aliphatic rings. The van der Waals surface area contributed by atoms with Gasteiger partial charge in [-0.05, 0) is 59.3 Å². The molecule has 2 aromatic rings. The Hall–Kier alpha value is -1.89. The molecule has 24 heavy (non-hydrogen) atoms. The molecule has 0 N–H and O–H groups in total. The Morgan fingerprint density at radius 1 is 0.917 bits per heavy atom. The van der Waals surface area contributed by atoms with Gasteiger partial charge in [-0.2, -0.15) is 0 Å². The van der Waals surface area contributed by atoms with Crippen LogP contribution >= 0.6 is 22.6 Å². The Balaban J connectivity index is 1.91. The number of halogens is 1. The largest absolute Gasteiger partial charge is 0.462 e. The average molecular weight is 438 g/mol. The van der Waals surface area contributed by atoms with Crippen molar-refractivity contribution in [1.29, 1.82) is 0 Å². The Morgan fingerprint density at radius 3 is 2.08 bits per heavy atom. The van der Waals surface area contributed by atoms with Crippen LogP contribution < -0.4 is 0 Å². The van der Waals surface area contributed by atoms with Gasteiger partial charge in [0.1, 0.15) is 6.61 Å². The Labute approximate surface area is 155 Å². The fourth-order valence-corrected chi connectivity index (χ4v) is 2.52. The van der Waals surface area contributed by atoms with E-state index in [0.29, 0.717) is 17.7 Å². The molecule has 0 aliphatic heterocycles. The van der Waals surface area contributed by atoms with Gasteiger partial charge in [0.2, 0.25) is 0 Å². The molecule has 0 radical (unpaired) electrons. The molecule has 0 aliphatic carbocycles. The van der Waals surface area contributed by atoms with Crippen LogP contribution in [0.4, 0.5) is 0 Å². The molecule has 0 spiro atoms. The third-order valence-electron chi connectivity index (χ3n) is 3.40. The highest BCUT2D eigenvalue weighted by Crippen LogP contribution is 2.14. The first kappa shape index (κ1) is 18.4. The van der Waals surface area contributed by atoms with Gasteiger partial charge in [-0.25, -0.2) is 9.59 Å². The lowest BCUT2D eigenvalue weighted by molar-refractivity contribution is 0.0466. The molecule has 4 nitrogen and oxygen atoms in total. The smallest absolute Gasteiger partial charge is 0.338 e. The van der Waals surface area contributed by atoms with E-state index < -0.39 is 5.97 Å². The minimum Gasteiger partial charge on any atom is -0.462 e. The van der Waals surface area contributed by atoms with E-state index in [0.717, 1.165) is 22.0 Å². The quantitative estimate of drug-likeness (QED) is 0.360. The van der Waals surface area contributed by atoms with E-state index >= 15 is 0 Å². The van der Waals surface area contributed by atoms with Gasteiger partial charge in [0, 0.05) is 9.13 Å². The molecule has 0 amide bonds. The Bertz CT molecular complexity index is 695. The molecule has 0 atom stereocenters. The molecule has 0 bridgehead atoms. The molecule has 5 heteroatoms. The van der Waals surface area contributed by atoms with E-state index in [9.17, 15) is 9.59 Å². The van der Waals surface area contributed by atoms with Crippen molar-refractivity contribution in [3.63, 3.8) is 0 Å². The molecule has 0 fully saturated rings. The van der Waals surface area contributed by atoms with E-state index in [1.165, 1.54) is 0 Å². The van der Waals surface area contributed by atoms with Crippen LogP contribution in [0, 0.1) is 3.57 Å². The number of carbonyl (C=O) groups is 2. The standard InChI is InChI=1S/C19H19IO4/c1-2-3-12-23-18(21)14-8-10-15(11-9-14)19(22)24-13-16-6-4-5-7-17(16)20/h4-11H,2-3,12-13H2,1H3. The lowest BCUT2D eigenvalue weighted by Crippen LogP contribution is -2.08. The normalized spacial score (nSPS) is 10.2. The maximum absolute atomic E-state index is 12.1. The van der Waals surface area contributed by atoms with Gasteiger partial charge in [0.05, 0.1) is 17.7 Å². The van der Waals surface area contributed by atoms with Crippen LogP contribution in [0.1, 0.15) is 46.0 Å². The summed E-state index contributed by atoms with van der Waals surface area (Å²) in [5, 5.41) is 0. The lowest BCUT2D eigenvalue weighted by atomic mass is 10.1. The highest BCUT2D eigenvalue weighted by atomic mass is 127. The van der Waals surface area contributed by atoms with Crippen molar-refractivity contribution in [2.45, 2.75) is 26.4 Å². The van der Waals surface area contributed by atoms with E-state index in [4.69, 9.17) is 9.47 Å². The number of unbranched alkanes of at least 4 members (excludes halogenated alkanes) is 1. The summed E-state index contributed by atoms with van der Waals surface area (Å²) < 4.78 is 11.5. The zero-order valence-corrected chi connectivity index (χ0v) is 15.6. The van der Waals surface area contributed by atoms with E-state index in [-0.39, 0.29) is 12.6 Å². The molecule has 126 valence electrons. The summed E-state index contributed by atoms with van der Waals surface area (Å²) in [5.41, 5.74) is 1.80. The van der Waals surface area contributed by atoms with Crippen LogP contribution in [0.15, 0.2) is 48.5 Å². The Kier molecular flexibility index (Phi) is 7.24. The van der Waals surface area contributed by atoms with Crippen LogP contribution in [0.25, 0.3) is 0 Å². The molecular formula is C19H19IO4. The van der Waals surface area contributed by atoms with Gasteiger partial charge in [-0.1, -0.05) is 31.5 Å². The first-order chi connectivity index (χ1) is 11.6. The lowest BCUT2D eigenvalue weighted by Gasteiger charge is -2.07. The van der Waals surface area contributed by atoms with Crippen molar-refractivity contribution in [3.8, 4) is 0 Å². The van der Waals surface area contributed by atoms with Crippen LogP contribution in [0.3, 0.4) is 0 Å². The minimum absolute atomic E-state index is 0.221. The topological polar surface area (TPSA) is 52.6 Å². The molecule has 2 rings (SSSR count). The van der Waals surface area contributed by atoms with Crippen LogP contribution in [-0.2, 0) is 16.1 Å². The summed E-state index contributed by atoms with van der Waals surface area (Å²) in [6.45, 7) is 2.66. The van der Waals surface area contributed by atoms with Crippen LogP contribution in [-0.4, -0.2) is 18.5 Å². The maximum atomic E-state index is 12.1. The average Bonchev–Trinajstić information content (AvgIpc) is 2.61. The number of hydrogen-bond acceptors (Lipinski definition) is 4. The monoisotopic (exact) mass is 438 g/mol. The predicted molar refractivity (Wildman–Crippen MR) is 99.9 cm³/mol. The third kappa shape index (κ3) is 5.33. The SMILES string of the molecule is CCCCOC(=O)c1ccc(C(=O)OCc2ccccc2I)cc1. The highest BCUT2D eigenvalue weighted by molar-refractivity contribution is 14.1. The van der Waals surface area contributed by atoms with Crippen molar-refractivity contribution < 1.29 is 19.1 Å². The molecule has 0 saturated heterocycles. The highest BCUT2D eigenvalue weighted by Gasteiger charge is 2.11. The van der Waals surface area contributed by atoms with Gasteiger partial charge >= 0.3 is 11.9 Å². The van der Waals surface area contributed by atoms with Crippen molar-refractivity contribution >= 4 is 34.5 Å². The van der Waals surface area contributed by atoms with Crippen molar-refractivity contribution in [3.05, 3.63) is 68.8 Å². The molecule has 0 saturated carbocycles. The third-order valence-corrected chi connectivity index (χ3v) is 4.46. The second-order valence-corrected chi connectivity index (χ2v) is 6.40. The van der Waals surface area contributed by atoms with Gasteiger partial charge in [-0.3, -0.25) is 0 Å². The van der Waals surface area contributed by atoms with Gasteiger partial charge in [-0.15, -0.1) is 0 Å². The first-order valence-electron chi connectivity index (χ1n) is 7.79. The number of ether oxygens (including phenoxy) is 2. The summed E-state index contributed by atoms with van der Waals surface area (Å²) in [5.74, 6) is -0.789. The maximum Gasteiger partial charge on any atom is 0.338 e. The molecule has 0 heterocycles. The summed E-state index contributed by atoms with van der Waals surface area (Å²) in [6, 6.07) is 14.0. The summed E-state index contributed by atoms with van der Waals surface area (Å²) in [6.07, 6.45) is 1.81. The zero-order valence-electron chi connectivity index (χ0n) is 13.5. The summed E-state index contributed by atoms with van der Waals surface area (Å²) in [4.78, 5) is 23.9. The molecule has 0 aromatic heterocycles. The zero-order chi connectivity index (χ0) is 17.4. The number of carbonyl (C=O) groups excluding carboxylic acids is 2. The number of rotatable bonds is 7. The molecular weight excluding hydrogens is 419 g/mol. The number of hydrogen-bond donors (Lipinski definition) is 0. The van der Waals surface area contributed by atoms with Gasteiger partial charge in [0.25, 0.3) is 0 Å². The number of benzene rings is 2. The van der Waals surface area contributed by atoms with Crippen molar-refractivity contribution in [2.24, 2.45) is 0 Å². The summed E-state index contributed by atoms with van der Waals surface area (Å²) >= 11 is 2.20. The van der Waals surface area contributed by atoms with Gasteiger partial charge in [0.15, 0.2) is 0 Å². The van der Waals surface area contributed by atoms with E-state index in [1.807, 2.05) is 31.2 Å². The fraction of sp³-hybridized carbons (Fsp3) is 0.263. The van der Waals surface area contributed by atoms with Gasteiger partial charge < -0.3 is 9.47 Å². The van der Waals surface area contributed by atoms with Crippen molar-refractivity contribution in [1.82, 2.24) is 0 Å². The second-order valence-electron chi connectivity index (χ2n) is 5.23. The predicted octanol–water partition coefficient (Wildman–Crippen LogP) is 4.61. The minimum atomic E-state index is -0.416. The van der Waals surface area contributed by atoms with E-state index in [1.54, 1.807) is 24.3 Å². The van der Waals surface area contributed by atoms with Crippen LogP contribution in [0.2, 0.25) is 0 Å². The van der Waals surface area contributed by atoms with Crippen LogP contribution in [0.5, 0.6) is 0 Å². The first-order valence-corrected chi connectivity index (χ1v) is 8.87.